The van der Waals surface area contributed by atoms with Crippen molar-refractivity contribution in [1.29, 1.82) is 0 Å². The lowest BCUT2D eigenvalue weighted by molar-refractivity contribution is -0.114. The zero-order valence-corrected chi connectivity index (χ0v) is 8.92. The topological polar surface area (TPSA) is 67.2 Å². The molecule has 0 bridgehead atoms. The van der Waals surface area contributed by atoms with Crippen LogP contribution >= 0.6 is 0 Å². The third-order valence-corrected chi connectivity index (χ3v) is 1.92. The molecule has 15 heavy (non-hydrogen) atoms. The maximum Gasteiger partial charge on any atom is 0.221 e. The lowest BCUT2D eigenvalue weighted by atomic mass is 10.2. The fourth-order valence-corrected chi connectivity index (χ4v) is 1.21. The molecule has 0 saturated carbocycles. The summed E-state index contributed by atoms with van der Waals surface area (Å²) in [4.78, 5) is 10.8. The second kappa shape index (κ2) is 6.03. The molecular formula is C11H17N3O. The van der Waals surface area contributed by atoms with Crippen LogP contribution in [-0.2, 0) is 4.79 Å². The number of carbonyl (C=O) groups excluding carboxylic acids is 1. The molecule has 0 unspecified atom stereocenters. The van der Waals surface area contributed by atoms with Crippen molar-refractivity contribution in [3.63, 3.8) is 0 Å². The number of hydrogen-bond acceptors (Lipinski definition) is 3. The molecule has 4 N–H and O–H groups in total. The van der Waals surface area contributed by atoms with Gasteiger partial charge in [0.15, 0.2) is 0 Å². The van der Waals surface area contributed by atoms with Crippen LogP contribution in [0.1, 0.15) is 13.3 Å². The molecule has 0 fully saturated rings. The third kappa shape index (κ3) is 4.46. The van der Waals surface area contributed by atoms with E-state index in [2.05, 4.69) is 10.6 Å². The van der Waals surface area contributed by atoms with Gasteiger partial charge in [0.25, 0.3) is 0 Å². The van der Waals surface area contributed by atoms with Crippen LogP contribution in [0.25, 0.3) is 0 Å². The molecular weight excluding hydrogens is 190 g/mol. The predicted octanol–water partition coefficient (Wildman–Crippen LogP) is 1.41. The summed E-state index contributed by atoms with van der Waals surface area (Å²) in [5, 5.41) is 5.95. The Morgan fingerprint density at radius 1 is 1.27 bits per heavy atom. The Morgan fingerprint density at radius 3 is 2.40 bits per heavy atom. The Hall–Kier alpha value is -1.55. The first-order chi connectivity index (χ1) is 7.22. The molecule has 82 valence electrons. The average Bonchev–Trinajstić information content (AvgIpc) is 2.20. The number of hydrogen-bond donors (Lipinski definition) is 3. The van der Waals surface area contributed by atoms with Gasteiger partial charge in [0.1, 0.15) is 0 Å². The number of benzene rings is 1. The molecule has 1 rings (SSSR count). The van der Waals surface area contributed by atoms with Crippen molar-refractivity contribution in [3.8, 4) is 0 Å². The van der Waals surface area contributed by atoms with Gasteiger partial charge in [0.2, 0.25) is 5.91 Å². The number of nitrogens with one attached hydrogen (secondary N) is 2. The molecule has 1 aromatic carbocycles. The first-order valence-electron chi connectivity index (χ1n) is 5.04. The quantitative estimate of drug-likeness (QED) is 0.639. The molecule has 0 aliphatic heterocycles. The molecule has 0 radical (unpaired) electrons. The van der Waals surface area contributed by atoms with Crippen LogP contribution < -0.4 is 16.4 Å². The lowest BCUT2D eigenvalue weighted by Gasteiger charge is -2.06. The summed E-state index contributed by atoms with van der Waals surface area (Å²) in [6.07, 6.45) is 0.952. The maximum atomic E-state index is 10.8. The van der Waals surface area contributed by atoms with E-state index in [1.807, 2.05) is 24.3 Å². The van der Waals surface area contributed by atoms with Crippen LogP contribution in [0.3, 0.4) is 0 Å². The van der Waals surface area contributed by atoms with E-state index in [9.17, 15) is 4.79 Å². The molecule has 0 aliphatic carbocycles. The molecule has 0 aliphatic rings. The second-order valence-electron chi connectivity index (χ2n) is 3.33. The number of nitrogens with two attached hydrogens (primary N) is 1. The van der Waals surface area contributed by atoms with Gasteiger partial charge in [-0.3, -0.25) is 4.79 Å². The molecule has 0 saturated heterocycles. The number of amides is 1. The van der Waals surface area contributed by atoms with E-state index >= 15 is 0 Å². The molecule has 1 aromatic rings. The van der Waals surface area contributed by atoms with E-state index < -0.39 is 0 Å². The van der Waals surface area contributed by atoms with Gasteiger partial charge in [-0.2, -0.15) is 0 Å². The Labute approximate surface area is 89.9 Å². The van der Waals surface area contributed by atoms with Crippen molar-refractivity contribution in [2.24, 2.45) is 5.73 Å². The van der Waals surface area contributed by atoms with Gasteiger partial charge < -0.3 is 16.4 Å². The van der Waals surface area contributed by atoms with Gasteiger partial charge in [-0.15, -0.1) is 0 Å². The minimum absolute atomic E-state index is 0.0566. The summed E-state index contributed by atoms with van der Waals surface area (Å²) in [5.74, 6) is -0.0566. The first-order valence-corrected chi connectivity index (χ1v) is 5.04. The van der Waals surface area contributed by atoms with Crippen LogP contribution in [0.15, 0.2) is 24.3 Å². The molecule has 1 amide bonds. The summed E-state index contributed by atoms with van der Waals surface area (Å²) in [6, 6.07) is 7.60. The summed E-state index contributed by atoms with van der Waals surface area (Å²) in [7, 11) is 0. The van der Waals surface area contributed by atoms with Crippen LogP contribution in [0.4, 0.5) is 11.4 Å². The van der Waals surface area contributed by atoms with E-state index in [4.69, 9.17) is 5.73 Å². The smallest absolute Gasteiger partial charge is 0.221 e. The SMILES string of the molecule is CC(=O)Nc1ccc(NCCCN)cc1. The normalized spacial score (nSPS) is 9.73. The van der Waals surface area contributed by atoms with Crippen molar-refractivity contribution in [2.45, 2.75) is 13.3 Å². The Morgan fingerprint density at radius 2 is 1.87 bits per heavy atom. The molecule has 0 aromatic heterocycles. The van der Waals surface area contributed by atoms with Crippen molar-refractivity contribution in [1.82, 2.24) is 0 Å². The van der Waals surface area contributed by atoms with Crippen molar-refractivity contribution >= 4 is 17.3 Å². The Bertz CT molecular complexity index is 308. The van der Waals surface area contributed by atoms with Gasteiger partial charge in [0.05, 0.1) is 0 Å². The van der Waals surface area contributed by atoms with Crippen molar-refractivity contribution in [2.75, 3.05) is 23.7 Å². The number of rotatable bonds is 5. The summed E-state index contributed by atoms with van der Waals surface area (Å²) in [5.41, 5.74) is 7.24. The Balaban J connectivity index is 2.45. The summed E-state index contributed by atoms with van der Waals surface area (Å²) < 4.78 is 0. The molecule has 0 atom stereocenters. The van der Waals surface area contributed by atoms with E-state index in [1.54, 1.807) is 0 Å². The number of anilines is 2. The molecule has 0 heterocycles. The van der Waals surface area contributed by atoms with Crippen LogP contribution in [-0.4, -0.2) is 19.0 Å². The fraction of sp³-hybridized carbons (Fsp3) is 0.364. The fourth-order valence-electron chi connectivity index (χ4n) is 1.21. The minimum Gasteiger partial charge on any atom is -0.385 e. The number of carbonyl (C=O) groups is 1. The zero-order valence-electron chi connectivity index (χ0n) is 8.92. The van der Waals surface area contributed by atoms with Gasteiger partial charge in [0, 0.05) is 24.8 Å². The van der Waals surface area contributed by atoms with Crippen LogP contribution in [0, 0.1) is 0 Å². The van der Waals surface area contributed by atoms with Crippen LogP contribution in [0.2, 0.25) is 0 Å². The molecule has 0 spiro atoms. The van der Waals surface area contributed by atoms with Gasteiger partial charge in [-0.1, -0.05) is 0 Å². The monoisotopic (exact) mass is 207 g/mol. The lowest BCUT2D eigenvalue weighted by Crippen LogP contribution is -2.08. The Kier molecular flexibility index (Phi) is 4.63. The predicted molar refractivity (Wildman–Crippen MR) is 62.9 cm³/mol. The van der Waals surface area contributed by atoms with E-state index in [0.29, 0.717) is 6.54 Å². The zero-order chi connectivity index (χ0) is 11.1. The van der Waals surface area contributed by atoms with Crippen LogP contribution in [0.5, 0.6) is 0 Å². The summed E-state index contributed by atoms with van der Waals surface area (Å²) in [6.45, 7) is 3.06. The maximum absolute atomic E-state index is 10.8. The average molecular weight is 207 g/mol. The van der Waals surface area contributed by atoms with E-state index in [0.717, 1.165) is 24.3 Å². The largest absolute Gasteiger partial charge is 0.385 e. The second-order valence-corrected chi connectivity index (χ2v) is 3.33. The van der Waals surface area contributed by atoms with Gasteiger partial charge in [-0.05, 0) is 37.2 Å². The first kappa shape index (κ1) is 11.5. The standard InChI is InChI=1S/C11H17N3O/c1-9(15)14-11-5-3-10(4-6-11)13-8-2-7-12/h3-6,13H,2,7-8,12H2,1H3,(H,14,15). The highest BCUT2D eigenvalue weighted by Gasteiger charge is 1.95. The minimum atomic E-state index is -0.0566. The molecule has 4 nitrogen and oxygen atoms in total. The summed E-state index contributed by atoms with van der Waals surface area (Å²) >= 11 is 0. The highest BCUT2D eigenvalue weighted by molar-refractivity contribution is 5.88. The molecule has 4 heteroatoms. The highest BCUT2D eigenvalue weighted by atomic mass is 16.1. The van der Waals surface area contributed by atoms with Gasteiger partial charge >= 0.3 is 0 Å². The van der Waals surface area contributed by atoms with E-state index in [1.165, 1.54) is 6.92 Å². The highest BCUT2D eigenvalue weighted by Crippen LogP contribution is 2.13. The van der Waals surface area contributed by atoms with Gasteiger partial charge in [-0.25, -0.2) is 0 Å². The van der Waals surface area contributed by atoms with E-state index in [-0.39, 0.29) is 5.91 Å². The van der Waals surface area contributed by atoms with Crippen molar-refractivity contribution in [3.05, 3.63) is 24.3 Å². The van der Waals surface area contributed by atoms with Crippen molar-refractivity contribution < 1.29 is 4.79 Å². The third-order valence-electron chi connectivity index (χ3n) is 1.92.